The molecule has 1 N–H and O–H groups in total. The summed E-state index contributed by atoms with van der Waals surface area (Å²) in [4.78, 5) is 4.37. The Hall–Kier alpha value is -0.880. The second-order valence-corrected chi connectivity index (χ2v) is 6.59. The van der Waals surface area contributed by atoms with E-state index >= 15 is 0 Å². The minimum atomic E-state index is -4.38. The molecule has 7 heteroatoms. The molecule has 0 radical (unpaired) electrons. The topological polar surface area (TPSA) is 24.4 Å². The number of benzene rings is 1. The van der Waals surface area contributed by atoms with Crippen LogP contribution >= 0.6 is 23.4 Å². The SMILES string of the molecule is FC(F)(F)c1ccc(NC2=NCC(C3CC3)S2)c(Cl)c1. The van der Waals surface area contributed by atoms with Gasteiger partial charge in [0.15, 0.2) is 5.17 Å². The number of alkyl halides is 3. The third kappa shape index (κ3) is 3.06. The lowest BCUT2D eigenvalue weighted by atomic mass is 10.2. The molecular formula is C13H12ClF3N2S. The van der Waals surface area contributed by atoms with E-state index in [4.69, 9.17) is 11.6 Å². The molecular weight excluding hydrogens is 309 g/mol. The molecule has 0 aromatic heterocycles. The summed E-state index contributed by atoms with van der Waals surface area (Å²) in [5, 5.41) is 4.31. The highest BCUT2D eigenvalue weighted by Crippen LogP contribution is 2.42. The molecule has 1 fully saturated rings. The molecule has 0 bridgehead atoms. The summed E-state index contributed by atoms with van der Waals surface area (Å²) in [7, 11) is 0. The van der Waals surface area contributed by atoms with Crippen LogP contribution in [-0.4, -0.2) is 17.0 Å². The van der Waals surface area contributed by atoms with Gasteiger partial charge in [0, 0.05) is 5.25 Å². The Morgan fingerprint density at radius 1 is 1.30 bits per heavy atom. The van der Waals surface area contributed by atoms with Gasteiger partial charge in [-0.1, -0.05) is 23.4 Å². The first kappa shape index (κ1) is 14.1. The summed E-state index contributed by atoms with van der Waals surface area (Å²) in [5.74, 6) is 0.742. The molecule has 0 spiro atoms. The quantitative estimate of drug-likeness (QED) is 0.857. The predicted molar refractivity (Wildman–Crippen MR) is 76.5 cm³/mol. The lowest BCUT2D eigenvalue weighted by Crippen LogP contribution is -2.10. The van der Waals surface area contributed by atoms with Crippen LogP contribution in [0.5, 0.6) is 0 Å². The van der Waals surface area contributed by atoms with Crippen LogP contribution in [0.25, 0.3) is 0 Å². The number of amidine groups is 1. The van der Waals surface area contributed by atoms with Crippen LogP contribution in [0.3, 0.4) is 0 Å². The average Bonchev–Trinajstić information content (AvgIpc) is 3.11. The van der Waals surface area contributed by atoms with E-state index in [0.717, 1.165) is 29.8 Å². The molecule has 0 amide bonds. The van der Waals surface area contributed by atoms with Crippen molar-refractivity contribution in [3.05, 3.63) is 28.8 Å². The molecule has 2 aliphatic rings. The Morgan fingerprint density at radius 2 is 2.05 bits per heavy atom. The minimum Gasteiger partial charge on any atom is -0.334 e. The number of hydrogen-bond acceptors (Lipinski definition) is 3. The normalized spacial score (nSPS) is 22.8. The van der Waals surface area contributed by atoms with Crippen LogP contribution in [0.15, 0.2) is 23.2 Å². The van der Waals surface area contributed by atoms with Gasteiger partial charge in [-0.2, -0.15) is 13.2 Å². The average molecular weight is 321 g/mol. The van der Waals surface area contributed by atoms with Crippen molar-refractivity contribution in [2.75, 3.05) is 11.9 Å². The minimum absolute atomic E-state index is 0.0537. The standard InChI is InChI=1S/C13H12ClF3N2S/c14-9-5-8(13(15,16)17)3-4-10(9)19-12-18-6-11(20-12)7-1-2-7/h3-5,7,11H,1-2,6H2,(H,18,19). The first-order valence-corrected chi connectivity index (χ1v) is 7.54. The second-order valence-electron chi connectivity index (χ2n) is 4.96. The van der Waals surface area contributed by atoms with Gasteiger partial charge in [-0.05, 0) is 37.0 Å². The Morgan fingerprint density at radius 3 is 2.65 bits per heavy atom. The number of nitrogens with zero attached hydrogens (tertiary/aromatic N) is 1. The van der Waals surface area contributed by atoms with Gasteiger partial charge in [0.1, 0.15) is 0 Å². The first-order valence-electron chi connectivity index (χ1n) is 6.28. The molecule has 1 unspecified atom stereocenters. The third-order valence-electron chi connectivity index (χ3n) is 3.36. The Kier molecular flexibility index (Phi) is 3.62. The van der Waals surface area contributed by atoms with Gasteiger partial charge in [-0.25, -0.2) is 0 Å². The highest BCUT2D eigenvalue weighted by atomic mass is 35.5. The fraction of sp³-hybridized carbons (Fsp3) is 0.462. The number of aliphatic imine (C=N–C) groups is 1. The predicted octanol–water partition coefficient (Wildman–Crippen LogP) is 4.65. The van der Waals surface area contributed by atoms with Gasteiger partial charge in [-0.3, -0.25) is 4.99 Å². The third-order valence-corrected chi connectivity index (χ3v) is 4.97. The van der Waals surface area contributed by atoms with Gasteiger partial charge < -0.3 is 5.32 Å². The van der Waals surface area contributed by atoms with E-state index in [9.17, 15) is 13.2 Å². The number of anilines is 1. The van der Waals surface area contributed by atoms with E-state index in [2.05, 4.69) is 10.3 Å². The Bertz CT molecular complexity index is 555. The molecule has 1 aliphatic heterocycles. The van der Waals surface area contributed by atoms with E-state index in [1.807, 2.05) is 0 Å². The number of halogens is 4. The smallest absolute Gasteiger partial charge is 0.334 e. The summed E-state index contributed by atoms with van der Waals surface area (Å²) in [6, 6.07) is 3.30. The number of rotatable bonds is 2. The lowest BCUT2D eigenvalue weighted by Gasteiger charge is -2.12. The van der Waals surface area contributed by atoms with Crippen molar-refractivity contribution in [1.29, 1.82) is 0 Å². The van der Waals surface area contributed by atoms with Gasteiger partial charge >= 0.3 is 6.18 Å². The molecule has 2 nitrogen and oxygen atoms in total. The molecule has 1 saturated carbocycles. The summed E-state index contributed by atoms with van der Waals surface area (Å²) < 4.78 is 37.6. The fourth-order valence-corrected chi connectivity index (χ4v) is 3.53. The van der Waals surface area contributed by atoms with Crippen molar-refractivity contribution in [2.24, 2.45) is 10.9 Å². The fourth-order valence-electron chi connectivity index (χ4n) is 2.08. The van der Waals surface area contributed by atoms with Gasteiger partial charge in [0.2, 0.25) is 0 Å². The van der Waals surface area contributed by atoms with Gasteiger partial charge in [0.25, 0.3) is 0 Å². The molecule has 0 saturated heterocycles. The van der Waals surface area contributed by atoms with Crippen molar-refractivity contribution in [1.82, 2.24) is 0 Å². The van der Waals surface area contributed by atoms with Crippen molar-refractivity contribution < 1.29 is 13.2 Å². The van der Waals surface area contributed by atoms with Crippen molar-refractivity contribution in [3.8, 4) is 0 Å². The molecule has 1 aromatic carbocycles. The van der Waals surface area contributed by atoms with Crippen molar-refractivity contribution >= 4 is 34.2 Å². The van der Waals surface area contributed by atoms with Crippen LogP contribution < -0.4 is 5.32 Å². The van der Waals surface area contributed by atoms with Crippen LogP contribution in [0.4, 0.5) is 18.9 Å². The first-order chi connectivity index (χ1) is 9.43. The molecule has 1 aliphatic carbocycles. The summed E-state index contributed by atoms with van der Waals surface area (Å²) in [5.41, 5.74) is -0.285. The van der Waals surface area contributed by atoms with Crippen LogP contribution in [0.2, 0.25) is 5.02 Å². The second kappa shape index (κ2) is 5.15. The molecule has 1 heterocycles. The Balaban J connectivity index is 1.69. The van der Waals surface area contributed by atoms with Gasteiger partial charge in [-0.15, -0.1) is 0 Å². The number of thioether (sulfide) groups is 1. The maximum Gasteiger partial charge on any atom is 0.416 e. The maximum absolute atomic E-state index is 12.5. The number of hydrogen-bond donors (Lipinski definition) is 1. The molecule has 1 atom stereocenters. The Labute approximate surface area is 123 Å². The van der Waals surface area contributed by atoms with Crippen LogP contribution in [-0.2, 0) is 6.18 Å². The van der Waals surface area contributed by atoms with E-state index in [0.29, 0.717) is 10.9 Å². The van der Waals surface area contributed by atoms with E-state index in [1.54, 1.807) is 11.8 Å². The lowest BCUT2D eigenvalue weighted by molar-refractivity contribution is -0.137. The van der Waals surface area contributed by atoms with Gasteiger partial charge in [0.05, 0.1) is 22.8 Å². The summed E-state index contributed by atoms with van der Waals surface area (Å²) in [6.45, 7) is 0.774. The summed E-state index contributed by atoms with van der Waals surface area (Å²) >= 11 is 7.55. The zero-order valence-corrected chi connectivity index (χ0v) is 11.9. The number of nitrogens with one attached hydrogen (secondary N) is 1. The van der Waals surface area contributed by atoms with Crippen molar-refractivity contribution in [2.45, 2.75) is 24.3 Å². The molecule has 3 rings (SSSR count). The van der Waals surface area contributed by atoms with E-state index in [1.165, 1.54) is 18.9 Å². The molecule has 20 heavy (non-hydrogen) atoms. The maximum atomic E-state index is 12.5. The largest absolute Gasteiger partial charge is 0.416 e. The molecule has 108 valence electrons. The zero-order valence-electron chi connectivity index (χ0n) is 10.4. The van der Waals surface area contributed by atoms with E-state index in [-0.39, 0.29) is 5.02 Å². The monoisotopic (exact) mass is 320 g/mol. The van der Waals surface area contributed by atoms with Crippen LogP contribution in [0.1, 0.15) is 18.4 Å². The van der Waals surface area contributed by atoms with E-state index < -0.39 is 11.7 Å². The van der Waals surface area contributed by atoms with Crippen LogP contribution in [0, 0.1) is 5.92 Å². The van der Waals surface area contributed by atoms with Crippen molar-refractivity contribution in [3.63, 3.8) is 0 Å². The highest BCUT2D eigenvalue weighted by molar-refractivity contribution is 8.15. The highest BCUT2D eigenvalue weighted by Gasteiger charge is 2.35. The summed E-state index contributed by atoms with van der Waals surface area (Å²) in [6.07, 6.45) is -1.87. The zero-order chi connectivity index (χ0) is 14.3. The molecule has 1 aromatic rings.